The van der Waals surface area contributed by atoms with Crippen molar-refractivity contribution < 1.29 is 0 Å². The largest absolute Gasteiger partial charge is 0.363 e. The van der Waals surface area contributed by atoms with Crippen LogP contribution in [0.5, 0.6) is 0 Å². The summed E-state index contributed by atoms with van der Waals surface area (Å²) in [5.74, 6) is 0. The average Bonchev–Trinajstić information content (AvgIpc) is 2.67. The predicted molar refractivity (Wildman–Crippen MR) is 66.8 cm³/mol. The highest BCUT2D eigenvalue weighted by Gasteiger charge is 2.10. The minimum Gasteiger partial charge on any atom is -0.363 e. The molecule has 0 amide bonds. The van der Waals surface area contributed by atoms with E-state index in [2.05, 4.69) is 35.1 Å². The van der Waals surface area contributed by atoms with Gasteiger partial charge in [-0.25, -0.2) is 0 Å². The van der Waals surface area contributed by atoms with Crippen molar-refractivity contribution in [3.05, 3.63) is 22.4 Å². The summed E-state index contributed by atoms with van der Waals surface area (Å²) in [5, 5.41) is 9.23. The van der Waals surface area contributed by atoms with Crippen LogP contribution < -0.4 is 10.6 Å². The van der Waals surface area contributed by atoms with Gasteiger partial charge in [0.05, 0.1) is 6.04 Å². The van der Waals surface area contributed by atoms with E-state index < -0.39 is 0 Å². The number of thiocarbonyl (C=S) groups is 1. The van der Waals surface area contributed by atoms with Gasteiger partial charge in [0, 0.05) is 11.4 Å². The van der Waals surface area contributed by atoms with Crippen molar-refractivity contribution in [1.29, 1.82) is 0 Å². The number of rotatable bonds is 4. The fourth-order valence-corrected chi connectivity index (χ4v) is 2.38. The molecule has 4 heteroatoms. The molecule has 1 atom stereocenters. The molecule has 0 aliphatic rings. The van der Waals surface area contributed by atoms with Crippen molar-refractivity contribution in [2.75, 3.05) is 6.54 Å². The minimum absolute atomic E-state index is 0.349. The molecule has 0 spiro atoms. The van der Waals surface area contributed by atoms with Crippen molar-refractivity contribution in [2.24, 2.45) is 0 Å². The first kappa shape index (κ1) is 11.5. The Balaban J connectivity index is 2.51. The highest BCUT2D eigenvalue weighted by atomic mass is 32.1. The van der Waals surface area contributed by atoms with Crippen molar-refractivity contribution in [2.45, 2.75) is 26.3 Å². The molecule has 0 radical (unpaired) electrons. The van der Waals surface area contributed by atoms with E-state index in [9.17, 15) is 0 Å². The van der Waals surface area contributed by atoms with Crippen molar-refractivity contribution in [3.8, 4) is 0 Å². The fraction of sp³-hybridized carbons (Fsp3) is 0.500. The van der Waals surface area contributed by atoms with Gasteiger partial charge in [0.15, 0.2) is 5.11 Å². The molecule has 1 heterocycles. The second-order valence-corrected chi connectivity index (χ2v) is 4.37. The summed E-state index contributed by atoms with van der Waals surface area (Å²) in [4.78, 5) is 1.34. The Bertz CT molecular complexity index is 270. The summed E-state index contributed by atoms with van der Waals surface area (Å²) in [5.41, 5.74) is 0. The number of nitrogens with one attached hydrogen (secondary N) is 2. The maximum atomic E-state index is 5.15. The van der Waals surface area contributed by atoms with Crippen molar-refractivity contribution in [3.63, 3.8) is 0 Å². The first-order valence-corrected chi connectivity index (χ1v) is 6.14. The molecule has 0 saturated carbocycles. The van der Waals surface area contributed by atoms with E-state index in [1.54, 1.807) is 11.3 Å². The molecule has 0 aromatic carbocycles. The van der Waals surface area contributed by atoms with Crippen LogP contribution in [0.2, 0.25) is 0 Å². The Morgan fingerprint density at radius 1 is 1.57 bits per heavy atom. The molecule has 1 aromatic heterocycles. The predicted octanol–water partition coefficient (Wildman–Crippen LogP) is 2.68. The van der Waals surface area contributed by atoms with E-state index in [1.807, 2.05) is 6.92 Å². The smallest absolute Gasteiger partial charge is 0.166 e. The maximum Gasteiger partial charge on any atom is 0.166 e. The zero-order valence-electron chi connectivity index (χ0n) is 8.54. The summed E-state index contributed by atoms with van der Waals surface area (Å²) < 4.78 is 0. The van der Waals surface area contributed by atoms with Gasteiger partial charge in [0.25, 0.3) is 0 Å². The molecule has 0 aliphatic carbocycles. The van der Waals surface area contributed by atoms with E-state index >= 15 is 0 Å². The lowest BCUT2D eigenvalue weighted by Crippen LogP contribution is -2.37. The molecular weight excluding hydrogens is 212 g/mol. The molecule has 0 aliphatic heterocycles. The second kappa shape index (κ2) is 5.98. The molecule has 1 unspecified atom stereocenters. The number of hydrogen-bond acceptors (Lipinski definition) is 2. The standard InChI is InChI=1S/C10H16N2S2/c1-3-8(9-6-5-7-14-9)12-10(13)11-4-2/h5-8H,3-4H2,1-2H3,(H2,11,12,13). The van der Waals surface area contributed by atoms with Gasteiger partial charge in [-0.05, 0) is 37.0 Å². The number of hydrogen-bond donors (Lipinski definition) is 2. The maximum absolute atomic E-state index is 5.15. The third kappa shape index (κ3) is 3.27. The van der Waals surface area contributed by atoms with Gasteiger partial charge in [0.2, 0.25) is 0 Å². The van der Waals surface area contributed by atoms with Crippen LogP contribution in [0.25, 0.3) is 0 Å². The zero-order valence-corrected chi connectivity index (χ0v) is 10.2. The Morgan fingerprint density at radius 3 is 2.86 bits per heavy atom. The van der Waals surface area contributed by atoms with Crippen LogP contribution in [0.15, 0.2) is 17.5 Å². The fourth-order valence-electron chi connectivity index (χ4n) is 1.23. The second-order valence-electron chi connectivity index (χ2n) is 2.98. The van der Waals surface area contributed by atoms with E-state index in [-0.39, 0.29) is 0 Å². The lowest BCUT2D eigenvalue weighted by molar-refractivity contribution is 0.628. The van der Waals surface area contributed by atoms with E-state index in [0.29, 0.717) is 6.04 Å². The van der Waals surface area contributed by atoms with Crippen LogP contribution in [0.4, 0.5) is 0 Å². The zero-order chi connectivity index (χ0) is 10.4. The molecule has 0 bridgehead atoms. The van der Waals surface area contributed by atoms with Crippen molar-refractivity contribution in [1.82, 2.24) is 10.6 Å². The topological polar surface area (TPSA) is 24.1 Å². The van der Waals surface area contributed by atoms with Gasteiger partial charge in [-0.3, -0.25) is 0 Å². The highest BCUT2D eigenvalue weighted by Crippen LogP contribution is 2.21. The third-order valence-corrected chi connectivity index (χ3v) is 3.19. The van der Waals surface area contributed by atoms with Crippen LogP contribution in [-0.4, -0.2) is 11.7 Å². The highest BCUT2D eigenvalue weighted by molar-refractivity contribution is 7.80. The van der Waals surface area contributed by atoms with Gasteiger partial charge in [0.1, 0.15) is 0 Å². The van der Waals surface area contributed by atoms with Gasteiger partial charge in [-0.1, -0.05) is 13.0 Å². The third-order valence-electron chi connectivity index (χ3n) is 1.94. The summed E-state index contributed by atoms with van der Waals surface area (Å²) in [6.07, 6.45) is 1.05. The molecule has 14 heavy (non-hydrogen) atoms. The average molecular weight is 228 g/mol. The van der Waals surface area contributed by atoms with Crippen molar-refractivity contribution >= 4 is 28.7 Å². The minimum atomic E-state index is 0.349. The molecule has 0 saturated heterocycles. The van der Waals surface area contributed by atoms with Gasteiger partial charge < -0.3 is 10.6 Å². The molecule has 0 fully saturated rings. The van der Waals surface area contributed by atoms with E-state index in [0.717, 1.165) is 18.1 Å². The van der Waals surface area contributed by atoms with Crippen LogP contribution in [0.3, 0.4) is 0 Å². The van der Waals surface area contributed by atoms with Gasteiger partial charge in [-0.2, -0.15) is 0 Å². The first-order chi connectivity index (χ1) is 6.77. The summed E-state index contributed by atoms with van der Waals surface area (Å²) >= 11 is 6.92. The Labute approximate surface area is 94.7 Å². The lowest BCUT2D eigenvalue weighted by Gasteiger charge is -2.17. The molecule has 1 aromatic rings. The normalized spacial score (nSPS) is 12.1. The number of thiophene rings is 1. The SMILES string of the molecule is CCNC(=S)NC(CC)c1cccs1. The molecule has 2 nitrogen and oxygen atoms in total. The van der Waals surface area contributed by atoms with Crippen LogP contribution >= 0.6 is 23.6 Å². The molecule has 2 N–H and O–H groups in total. The quantitative estimate of drug-likeness (QED) is 0.775. The van der Waals surface area contributed by atoms with Crippen LogP contribution in [0, 0.1) is 0 Å². The molecule has 78 valence electrons. The lowest BCUT2D eigenvalue weighted by atomic mass is 10.2. The summed E-state index contributed by atoms with van der Waals surface area (Å²) in [7, 11) is 0. The Morgan fingerprint density at radius 2 is 2.36 bits per heavy atom. The molecule has 1 rings (SSSR count). The van der Waals surface area contributed by atoms with Gasteiger partial charge in [-0.15, -0.1) is 11.3 Å². The van der Waals surface area contributed by atoms with Gasteiger partial charge >= 0.3 is 0 Å². The first-order valence-electron chi connectivity index (χ1n) is 4.85. The van der Waals surface area contributed by atoms with Crippen LogP contribution in [0.1, 0.15) is 31.2 Å². The Kier molecular flexibility index (Phi) is 4.90. The van der Waals surface area contributed by atoms with Crippen LogP contribution in [-0.2, 0) is 0 Å². The Hall–Kier alpha value is -0.610. The monoisotopic (exact) mass is 228 g/mol. The van der Waals surface area contributed by atoms with E-state index in [4.69, 9.17) is 12.2 Å². The summed E-state index contributed by atoms with van der Waals surface area (Å²) in [6.45, 7) is 5.07. The molecular formula is C10H16N2S2. The van der Waals surface area contributed by atoms with E-state index in [1.165, 1.54) is 4.88 Å². The summed E-state index contributed by atoms with van der Waals surface area (Å²) in [6, 6.07) is 4.56.